The second-order valence-electron chi connectivity index (χ2n) is 6.82. The van der Waals surface area contributed by atoms with E-state index in [-0.39, 0.29) is 5.91 Å². The van der Waals surface area contributed by atoms with Crippen molar-refractivity contribution in [3.8, 4) is 5.75 Å². The van der Waals surface area contributed by atoms with Gasteiger partial charge in [0, 0.05) is 16.3 Å². The van der Waals surface area contributed by atoms with Gasteiger partial charge in [-0.2, -0.15) is 0 Å². The molecule has 0 fully saturated rings. The predicted octanol–water partition coefficient (Wildman–Crippen LogP) is 6.00. The zero-order valence-electron chi connectivity index (χ0n) is 16.4. The molecular weight excluding hydrogens is 366 g/mol. The van der Waals surface area contributed by atoms with Gasteiger partial charge >= 0.3 is 0 Å². The minimum Gasteiger partial charge on any atom is -0.481 e. The summed E-state index contributed by atoms with van der Waals surface area (Å²) in [5, 5.41) is 2.93. The second-order valence-corrected chi connectivity index (χ2v) is 7.87. The van der Waals surface area contributed by atoms with Gasteiger partial charge in [0.2, 0.25) is 0 Å². The lowest BCUT2D eigenvalue weighted by Gasteiger charge is -2.17. The maximum atomic E-state index is 12.5. The summed E-state index contributed by atoms with van der Waals surface area (Å²) >= 11 is 1.79. The number of ether oxygens (including phenoxy) is 1. The molecule has 0 aliphatic rings. The molecule has 0 heterocycles. The van der Waals surface area contributed by atoms with Crippen molar-refractivity contribution in [2.45, 2.75) is 37.5 Å². The van der Waals surface area contributed by atoms with Crippen LogP contribution in [0.5, 0.6) is 5.75 Å². The molecule has 28 heavy (non-hydrogen) atoms. The minimum absolute atomic E-state index is 0.160. The Balaban J connectivity index is 1.54. The molecule has 4 heteroatoms. The number of hydrogen-bond donors (Lipinski definition) is 1. The molecule has 1 unspecified atom stereocenters. The van der Waals surface area contributed by atoms with Crippen LogP contribution in [0.2, 0.25) is 0 Å². The van der Waals surface area contributed by atoms with Crippen molar-refractivity contribution in [1.82, 2.24) is 0 Å². The number of carbonyl (C=O) groups excluding carboxylic acids is 1. The van der Waals surface area contributed by atoms with Crippen molar-refractivity contribution in [2.75, 3.05) is 5.32 Å². The van der Waals surface area contributed by atoms with Crippen LogP contribution in [-0.4, -0.2) is 12.0 Å². The number of anilines is 1. The van der Waals surface area contributed by atoms with Gasteiger partial charge in [-0.1, -0.05) is 42.5 Å². The third-order valence-corrected chi connectivity index (χ3v) is 5.47. The number of amides is 1. The number of aryl methyl sites for hydroxylation is 2. The Morgan fingerprint density at radius 3 is 2.43 bits per heavy atom. The molecular formula is C24H25NO2S. The fourth-order valence-corrected chi connectivity index (χ4v) is 3.57. The molecule has 0 aromatic heterocycles. The number of carbonyl (C=O) groups is 1. The molecule has 0 saturated heterocycles. The average Bonchev–Trinajstić information content (AvgIpc) is 2.71. The van der Waals surface area contributed by atoms with Crippen molar-refractivity contribution in [3.05, 3.63) is 89.5 Å². The summed E-state index contributed by atoms with van der Waals surface area (Å²) in [6.45, 7) is 5.75. The highest BCUT2D eigenvalue weighted by Crippen LogP contribution is 2.24. The molecule has 0 radical (unpaired) electrons. The van der Waals surface area contributed by atoms with Crippen molar-refractivity contribution < 1.29 is 9.53 Å². The van der Waals surface area contributed by atoms with Crippen molar-refractivity contribution in [1.29, 1.82) is 0 Å². The molecule has 3 aromatic rings. The number of benzene rings is 3. The molecule has 0 bridgehead atoms. The van der Waals surface area contributed by atoms with Crippen LogP contribution < -0.4 is 10.1 Å². The van der Waals surface area contributed by atoms with E-state index in [4.69, 9.17) is 4.74 Å². The van der Waals surface area contributed by atoms with E-state index in [1.165, 1.54) is 10.5 Å². The first-order chi connectivity index (χ1) is 13.5. The third kappa shape index (κ3) is 5.64. The van der Waals surface area contributed by atoms with Gasteiger partial charge in [-0.15, -0.1) is 11.8 Å². The van der Waals surface area contributed by atoms with E-state index < -0.39 is 6.10 Å². The minimum atomic E-state index is -0.575. The zero-order valence-corrected chi connectivity index (χ0v) is 17.3. The van der Waals surface area contributed by atoms with Crippen molar-refractivity contribution >= 4 is 23.4 Å². The summed E-state index contributed by atoms with van der Waals surface area (Å²) in [5.74, 6) is 1.48. The molecule has 1 atom stereocenters. The monoisotopic (exact) mass is 391 g/mol. The van der Waals surface area contributed by atoms with Gasteiger partial charge in [-0.3, -0.25) is 4.79 Å². The lowest BCUT2D eigenvalue weighted by molar-refractivity contribution is -0.122. The Morgan fingerprint density at radius 1 is 1.00 bits per heavy atom. The van der Waals surface area contributed by atoms with Crippen LogP contribution >= 0.6 is 11.8 Å². The Morgan fingerprint density at radius 2 is 1.71 bits per heavy atom. The first-order valence-corrected chi connectivity index (χ1v) is 10.3. The number of nitrogens with one attached hydrogen (secondary N) is 1. The molecule has 0 spiro atoms. The third-order valence-electron chi connectivity index (χ3n) is 4.39. The zero-order chi connectivity index (χ0) is 19.9. The van der Waals surface area contributed by atoms with Crippen LogP contribution in [-0.2, 0) is 10.5 Å². The fraction of sp³-hybridized carbons (Fsp3) is 0.208. The normalized spacial score (nSPS) is 11.7. The van der Waals surface area contributed by atoms with Crippen LogP contribution in [0.3, 0.4) is 0 Å². The van der Waals surface area contributed by atoms with E-state index in [2.05, 4.69) is 17.4 Å². The maximum Gasteiger partial charge on any atom is 0.265 e. The smallest absolute Gasteiger partial charge is 0.265 e. The highest BCUT2D eigenvalue weighted by Gasteiger charge is 2.16. The summed E-state index contributed by atoms with van der Waals surface area (Å²) in [5.41, 5.74) is 4.11. The van der Waals surface area contributed by atoms with E-state index in [1.54, 1.807) is 18.7 Å². The number of thioether (sulfide) groups is 1. The van der Waals surface area contributed by atoms with Crippen LogP contribution in [0.25, 0.3) is 0 Å². The first kappa shape index (κ1) is 20.0. The van der Waals surface area contributed by atoms with E-state index in [0.717, 1.165) is 28.3 Å². The van der Waals surface area contributed by atoms with Gasteiger partial charge in [0.15, 0.2) is 6.10 Å². The van der Waals surface area contributed by atoms with Gasteiger partial charge in [0.05, 0.1) is 0 Å². The van der Waals surface area contributed by atoms with Crippen molar-refractivity contribution in [3.63, 3.8) is 0 Å². The van der Waals surface area contributed by atoms with Crippen LogP contribution in [0.15, 0.2) is 77.7 Å². The molecule has 0 aliphatic carbocycles. The van der Waals surface area contributed by atoms with E-state index in [0.29, 0.717) is 0 Å². The van der Waals surface area contributed by atoms with Crippen LogP contribution in [0.4, 0.5) is 5.69 Å². The van der Waals surface area contributed by atoms with E-state index in [9.17, 15) is 4.79 Å². The Bertz CT molecular complexity index is 923. The lowest BCUT2D eigenvalue weighted by Crippen LogP contribution is -2.30. The molecule has 3 nitrogen and oxygen atoms in total. The highest BCUT2D eigenvalue weighted by molar-refractivity contribution is 7.98. The molecule has 0 saturated carbocycles. The van der Waals surface area contributed by atoms with E-state index >= 15 is 0 Å². The van der Waals surface area contributed by atoms with Crippen molar-refractivity contribution in [2.24, 2.45) is 0 Å². The Labute approximate surface area is 171 Å². The molecule has 1 N–H and O–H groups in total. The summed E-state index contributed by atoms with van der Waals surface area (Å²) in [7, 11) is 0. The first-order valence-electron chi connectivity index (χ1n) is 9.33. The van der Waals surface area contributed by atoms with E-state index in [1.807, 2.05) is 74.5 Å². The Kier molecular flexibility index (Phi) is 6.77. The highest BCUT2D eigenvalue weighted by atomic mass is 32.2. The summed E-state index contributed by atoms with van der Waals surface area (Å²) < 4.78 is 5.86. The van der Waals surface area contributed by atoms with Gasteiger partial charge in [-0.05, 0) is 67.8 Å². The maximum absolute atomic E-state index is 12.5. The molecule has 3 aromatic carbocycles. The second kappa shape index (κ2) is 9.47. The van der Waals surface area contributed by atoms with Gasteiger partial charge < -0.3 is 10.1 Å². The largest absolute Gasteiger partial charge is 0.481 e. The van der Waals surface area contributed by atoms with Crippen LogP contribution in [0.1, 0.15) is 23.6 Å². The van der Waals surface area contributed by atoms with Gasteiger partial charge in [0.25, 0.3) is 5.91 Å². The molecule has 144 valence electrons. The lowest BCUT2D eigenvalue weighted by atomic mass is 10.1. The predicted molar refractivity (Wildman–Crippen MR) is 117 cm³/mol. The number of rotatable bonds is 7. The average molecular weight is 392 g/mol. The van der Waals surface area contributed by atoms with Gasteiger partial charge in [-0.25, -0.2) is 0 Å². The topological polar surface area (TPSA) is 38.3 Å². The quantitative estimate of drug-likeness (QED) is 0.502. The molecule has 3 rings (SSSR count). The molecule has 1 amide bonds. The summed E-state index contributed by atoms with van der Waals surface area (Å²) in [6, 6.07) is 24.3. The summed E-state index contributed by atoms with van der Waals surface area (Å²) in [4.78, 5) is 13.7. The summed E-state index contributed by atoms with van der Waals surface area (Å²) in [6.07, 6.45) is -0.575. The standard InChI is InChI=1S/C24H25NO2S/c1-17-9-10-18(2)23(15-17)27-19(3)24(26)25-21-13-11-20(12-14-21)16-28-22-7-5-4-6-8-22/h4-15,19H,16H2,1-3H3,(H,25,26). The molecule has 0 aliphatic heterocycles. The van der Waals surface area contributed by atoms with Crippen LogP contribution in [0, 0.1) is 13.8 Å². The number of hydrogen-bond acceptors (Lipinski definition) is 3. The van der Waals surface area contributed by atoms with Gasteiger partial charge in [0.1, 0.15) is 5.75 Å². The fourth-order valence-electron chi connectivity index (χ4n) is 2.69. The Hall–Kier alpha value is -2.72. The SMILES string of the molecule is Cc1ccc(C)c(OC(C)C(=O)Nc2ccc(CSc3ccccc3)cc2)c1.